The van der Waals surface area contributed by atoms with E-state index < -0.39 is 10.0 Å². The lowest BCUT2D eigenvalue weighted by atomic mass is 9.80. The molecule has 0 aromatic carbocycles. The average molecular weight is 258 g/mol. The molecule has 0 bridgehead atoms. The molecule has 17 heavy (non-hydrogen) atoms. The van der Waals surface area contributed by atoms with E-state index in [0.717, 1.165) is 19.3 Å². The van der Waals surface area contributed by atoms with Gasteiger partial charge in [0.2, 0.25) is 5.09 Å². The maximum Gasteiger partial charge on any atom is 0.274 e. The summed E-state index contributed by atoms with van der Waals surface area (Å²) in [5.74, 6) is 0.617. The van der Waals surface area contributed by atoms with Crippen LogP contribution in [0.3, 0.4) is 0 Å². The van der Waals surface area contributed by atoms with Crippen LogP contribution in [0.2, 0.25) is 0 Å². The molecule has 96 valence electrons. The summed E-state index contributed by atoms with van der Waals surface area (Å²) in [7, 11) is -1.74. The van der Waals surface area contributed by atoms with Crippen molar-refractivity contribution in [2.75, 3.05) is 7.05 Å². The lowest BCUT2D eigenvalue weighted by molar-refractivity contribution is 0.245. The molecule has 2 rings (SSSR count). The number of hydrogen-bond acceptors (Lipinski definition) is 4. The maximum atomic E-state index is 12.0. The highest BCUT2D eigenvalue weighted by molar-refractivity contribution is 7.89. The van der Waals surface area contributed by atoms with Crippen molar-refractivity contribution in [2.45, 2.75) is 43.4 Å². The van der Waals surface area contributed by atoms with Gasteiger partial charge >= 0.3 is 0 Å². The molecule has 1 aromatic rings. The molecule has 1 fully saturated rings. The predicted octanol–water partition coefficient (Wildman–Crippen LogP) is 1.22. The van der Waals surface area contributed by atoms with Crippen molar-refractivity contribution in [2.24, 2.45) is 0 Å². The van der Waals surface area contributed by atoms with Gasteiger partial charge in [-0.1, -0.05) is 0 Å². The summed E-state index contributed by atoms with van der Waals surface area (Å²) in [6.07, 6.45) is 2.84. The molecule has 1 aliphatic rings. The third kappa shape index (κ3) is 2.70. The predicted molar refractivity (Wildman–Crippen MR) is 64.0 cm³/mol. The fraction of sp³-hybridized carbons (Fsp3) is 0.636. The van der Waals surface area contributed by atoms with Crippen molar-refractivity contribution in [3.8, 4) is 0 Å². The highest BCUT2D eigenvalue weighted by atomic mass is 32.2. The topological polar surface area (TPSA) is 71.3 Å². The quantitative estimate of drug-likeness (QED) is 0.833. The molecule has 0 spiro atoms. The van der Waals surface area contributed by atoms with E-state index in [1.54, 1.807) is 13.1 Å². The summed E-state index contributed by atoms with van der Waals surface area (Å²) in [4.78, 5) is 0. The minimum absolute atomic E-state index is 0.00382. The van der Waals surface area contributed by atoms with Crippen LogP contribution in [0, 0.1) is 0 Å². The van der Waals surface area contributed by atoms with Crippen LogP contribution in [0.5, 0.6) is 0 Å². The molecule has 1 aliphatic carbocycles. The Kier molecular flexibility index (Phi) is 3.29. The Morgan fingerprint density at radius 1 is 1.41 bits per heavy atom. The van der Waals surface area contributed by atoms with Crippen LogP contribution in [-0.2, 0) is 16.6 Å². The van der Waals surface area contributed by atoms with Gasteiger partial charge in [-0.25, -0.2) is 13.1 Å². The number of sulfonamides is 1. The first kappa shape index (κ1) is 12.6. The smallest absolute Gasteiger partial charge is 0.274 e. The summed E-state index contributed by atoms with van der Waals surface area (Å²) in [6.45, 7) is 2.44. The first-order chi connectivity index (χ1) is 7.95. The largest absolute Gasteiger partial charge is 0.447 e. The molecule has 0 amide bonds. The fourth-order valence-electron chi connectivity index (χ4n) is 1.96. The van der Waals surface area contributed by atoms with Gasteiger partial charge in [-0.2, -0.15) is 0 Å². The van der Waals surface area contributed by atoms with E-state index in [0.29, 0.717) is 12.3 Å². The summed E-state index contributed by atoms with van der Waals surface area (Å²) in [5.41, 5.74) is -0.297. The third-order valence-corrected chi connectivity index (χ3v) is 4.60. The van der Waals surface area contributed by atoms with Crippen LogP contribution in [0.25, 0.3) is 0 Å². The van der Waals surface area contributed by atoms with Gasteiger partial charge in [0.1, 0.15) is 5.76 Å². The molecule has 0 atom stereocenters. The Hall–Kier alpha value is -0.850. The van der Waals surface area contributed by atoms with Crippen LogP contribution in [-0.4, -0.2) is 21.0 Å². The zero-order valence-electron chi connectivity index (χ0n) is 10.1. The molecule has 0 unspecified atom stereocenters. The zero-order chi connectivity index (χ0) is 12.5. The second-order valence-electron chi connectivity index (χ2n) is 4.77. The minimum Gasteiger partial charge on any atom is -0.447 e. The fourth-order valence-corrected chi connectivity index (χ4v) is 3.37. The Morgan fingerprint density at radius 2 is 2.12 bits per heavy atom. The Labute approximate surface area is 102 Å². The van der Waals surface area contributed by atoms with Crippen molar-refractivity contribution in [1.82, 2.24) is 10.0 Å². The summed E-state index contributed by atoms with van der Waals surface area (Å²) < 4.78 is 32.1. The number of nitrogens with one attached hydrogen (secondary N) is 2. The summed E-state index contributed by atoms with van der Waals surface area (Å²) >= 11 is 0. The third-order valence-electron chi connectivity index (χ3n) is 3.09. The molecule has 0 aliphatic heterocycles. The van der Waals surface area contributed by atoms with Crippen LogP contribution >= 0.6 is 0 Å². The molecule has 0 saturated heterocycles. The average Bonchev–Trinajstić information content (AvgIpc) is 2.65. The standard InChI is InChI=1S/C11H18N2O3S/c1-11(6-3-7-11)13-17(14,15)10-5-4-9(16-10)8-12-2/h4-5,12-13H,3,6-8H2,1-2H3. The van der Waals surface area contributed by atoms with Crippen molar-refractivity contribution in [3.05, 3.63) is 17.9 Å². The van der Waals surface area contributed by atoms with Crippen molar-refractivity contribution in [1.29, 1.82) is 0 Å². The van der Waals surface area contributed by atoms with Gasteiger partial charge in [-0.05, 0) is 45.4 Å². The molecule has 1 heterocycles. The molecule has 2 N–H and O–H groups in total. The van der Waals surface area contributed by atoms with Crippen LogP contribution in [0.4, 0.5) is 0 Å². The molecular formula is C11H18N2O3S. The lowest BCUT2D eigenvalue weighted by Crippen LogP contribution is -2.50. The highest BCUT2D eigenvalue weighted by Gasteiger charge is 2.37. The lowest BCUT2D eigenvalue weighted by Gasteiger charge is -2.38. The maximum absolute atomic E-state index is 12.0. The van der Waals surface area contributed by atoms with Crippen LogP contribution in [0.15, 0.2) is 21.6 Å². The van der Waals surface area contributed by atoms with E-state index in [1.807, 2.05) is 6.92 Å². The normalized spacial score (nSPS) is 18.9. The van der Waals surface area contributed by atoms with E-state index >= 15 is 0 Å². The van der Waals surface area contributed by atoms with E-state index in [9.17, 15) is 8.42 Å². The van der Waals surface area contributed by atoms with Gasteiger partial charge < -0.3 is 9.73 Å². The molecule has 1 aromatic heterocycles. The van der Waals surface area contributed by atoms with Gasteiger partial charge in [-0.15, -0.1) is 0 Å². The number of hydrogen-bond donors (Lipinski definition) is 2. The first-order valence-electron chi connectivity index (χ1n) is 5.72. The second kappa shape index (κ2) is 4.44. The molecule has 6 heteroatoms. The van der Waals surface area contributed by atoms with Crippen molar-refractivity contribution in [3.63, 3.8) is 0 Å². The van der Waals surface area contributed by atoms with Gasteiger partial charge in [0.15, 0.2) is 0 Å². The Balaban J connectivity index is 2.13. The van der Waals surface area contributed by atoms with Crippen molar-refractivity contribution < 1.29 is 12.8 Å². The highest BCUT2D eigenvalue weighted by Crippen LogP contribution is 2.32. The second-order valence-corrected chi connectivity index (χ2v) is 6.38. The zero-order valence-corrected chi connectivity index (χ0v) is 10.9. The summed E-state index contributed by atoms with van der Waals surface area (Å²) in [5, 5.41) is 2.91. The van der Waals surface area contributed by atoms with E-state index in [2.05, 4.69) is 10.0 Å². The SMILES string of the molecule is CNCc1ccc(S(=O)(=O)NC2(C)CCC2)o1. The van der Waals surface area contributed by atoms with E-state index in [4.69, 9.17) is 4.42 Å². The summed E-state index contributed by atoms with van der Waals surface area (Å²) in [6, 6.07) is 3.17. The monoisotopic (exact) mass is 258 g/mol. The van der Waals surface area contributed by atoms with E-state index in [-0.39, 0.29) is 10.6 Å². The Bertz CT molecular complexity index is 489. The van der Waals surface area contributed by atoms with Crippen LogP contribution in [0.1, 0.15) is 31.9 Å². The molecule has 1 saturated carbocycles. The van der Waals surface area contributed by atoms with Crippen molar-refractivity contribution >= 4 is 10.0 Å². The van der Waals surface area contributed by atoms with E-state index in [1.165, 1.54) is 6.07 Å². The Morgan fingerprint density at radius 3 is 2.65 bits per heavy atom. The molecule has 5 nitrogen and oxygen atoms in total. The van der Waals surface area contributed by atoms with Gasteiger partial charge in [-0.3, -0.25) is 0 Å². The van der Waals surface area contributed by atoms with Gasteiger partial charge in [0.25, 0.3) is 10.0 Å². The number of rotatable bonds is 5. The molecular weight excluding hydrogens is 240 g/mol. The van der Waals surface area contributed by atoms with Gasteiger partial charge in [0, 0.05) is 5.54 Å². The van der Waals surface area contributed by atoms with Crippen LogP contribution < -0.4 is 10.0 Å². The number of furan rings is 1. The van der Waals surface area contributed by atoms with Gasteiger partial charge in [0.05, 0.1) is 6.54 Å². The minimum atomic E-state index is -3.52. The first-order valence-corrected chi connectivity index (χ1v) is 7.21. The molecule has 0 radical (unpaired) electrons.